The standard InChI is InChI=1S/C11H10N2O/c14-11-10-7-8-3-1-2-4-9(8)13(10)6-5-12-11/h1-6,10H,7H2,(H,12,14). The van der Waals surface area contributed by atoms with E-state index < -0.39 is 0 Å². The number of anilines is 1. The maximum Gasteiger partial charge on any atom is 0.247 e. The number of hydrogen-bond donors (Lipinski definition) is 1. The van der Waals surface area contributed by atoms with E-state index >= 15 is 0 Å². The molecule has 0 bridgehead atoms. The Morgan fingerprint density at radius 3 is 3.14 bits per heavy atom. The Hall–Kier alpha value is -1.77. The lowest BCUT2D eigenvalue weighted by molar-refractivity contribution is -0.121. The number of rotatable bonds is 0. The van der Waals surface area contributed by atoms with E-state index in [-0.39, 0.29) is 11.9 Å². The largest absolute Gasteiger partial charge is 0.333 e. The van der Waals surface area contributed by atoms with Gasteiger partial charge in [0.15, 0.2) is 0 Å². The summed E-state index contributed by atoms with van der Waals surface area (Å²) in [7, 11) is 0. The van der Waals surface area contributed by atoms with E-state index in [1.165, 1.54) is 5.56 Å². The smallest absolute Gasteiger partial charge is 0.247 e. The van der Waals surface area contributed by atoms with E-state index in [1.807, 2.05) is 23.2 Å². The third kappa shape index (κ3) is 0.894. The molecule has 3 nitrogen and oxygen atoms in total. The number of nitrogens with one attached hydrogen (secondary N) is 1. The van der Waals surface area contributed by atoms with Crippen LogP contribution in [-0.4, -0.2) is 11.9 Å². The van der Waals surface area contributed by atoms with Gasteiger partial charge in [-0.05, 0) is 11.6 Å². The molecule has 0 radical (unpaired) electrons. The maximum atomic E-state index is 11.5. The lowest BCUT2D eigenvalue weighted by Crippen LogP contribution is -2.44. The molecule has 1 N–H and O–H groups in total. The van der Waals surface area contributed by atoms with Crippen LogP contribution < -0.4 is 10.2 Å². The lowest BCUT2D eigenvalue weighted by Gasteiger charge is -2.25. The Balaban J connectivity index is 2.11. The summed E-state index contributed by atoms with van der Waals surface area (Å²) in [6.07, 6.45) is 4.44. The summed E-state index contributed by atoms with van der Waals surface area (Å²) in [5, 5.41) is 2.73. The average Bonchev–Trinajstić information content (AvgIpc) is 2.59. The van der Waals surface area contributed by atoms with Gasteiger partial charge in [-0.1, -0.05) is 18.2 Å². The van der Waals surface area contributed by atoms with Crippen molar-refractivity contribution in [2.24, 2.45) is 0 Å². The first-order valence-electron chi connectivity index (χ1n) is 4.69. The second-order valence-corrected chi connectivity index (χ2v) is 3.58. The van der Waals surface area contributed by atoms with Gasteiger partial charge in [0, 0.05) is 24.5 Å². The van der Waals surface area contributed by atoms with Gasteiger partial charge in [-0.2, -0.15) is 0 Å². The fourth-order valence-corrected chi connectivity index (χ4v) is 2.11. The first-order valence-corrected chi connectivity index (χ1v) is 4.69. The van der Waals surface area contributed by atoms with Gasteiger partial charge < -0.3 is 10.2 Å². The van der Waals surface area contributed by atoms with Crippen LogP contribution in [0.4, 0.5) is 5.69 Å². The highest BCUT2D eigenvalue weighted by Gasteiger charge is 2.34. The molecule has 1 aromatic carbocycles. The number of amides is 1. The molecule has 0 aliphatic carbocycles. The van der Waals surface area contributed by atoms with Gasteiger partial charge in [0.2, 0.25) is 5.91 Å². The van der Waals surface area contributed by atoms with Crippen molar-refractivity contribution in [1.82, 2.24) is 5.32 Å². The molecule has 0 fully saturated rings. The predicted molar refractivity (Wildman–Crippen MR) is 53.7 cm³/mol. The summed E-state index contributed by atoms with van der Waals surface area (Å²) in [6, 6.07) is 8.10. The lowest BCUT2D eigenvalue weighted by atomic mass is 10.1. The number of hydrogen-bond acceptors (Lipinski definition) is 2. The maximum absolute atomic E-state index is 11.5. The molecule has 70 valence electrons. The average molecular weight is 186 g/mol. The molecule has 14 heavy (non-hydrogen) atoms. The van der Waals surface area contributed by atoms with Crippen LogP contribution in [0.2, 0.25) is 0 Å². The minimum absolute atomic E-state index is 0.0441. The molecule has 2 aliphatic rings. The molecule has 0 saturated carbocycles. The topological polar surface area (TPSA) is 32.3 Å². The van der Waals surface area contributed by atoms with E-state index in [1.54, 1.807) is 6.20 Å². The molecule has 1 unspecified atom stereocenters. The van der Waals surface area contributed by atoms with Crippen molar-refractivity contribution >= 4 is 11.6 Å². The molecule has 1 amide bonds. The van der Waals surface area contributed by atoms with Gasteiger partial charge >= 0.3 is 0 Å². The van der Waals surface area contributed by atoms with Gasteiger partial charge in [0.1, 0.15) is 6.04 Å². The quantitative estimate of drug-likeness (QED) is 0.656. The zero-order valence-electron chi connectivity index (χ0n) is 7.60. The van der Waals surface area contributed by atoms with Gasteiger partial charge in [-0.15, -0.1) is 0 Å². The van der Waals surface area contributed by atoms with Crippen molar-refractivity contribution in [3.05, 3.63) is 42.2 Å². The fraction of sp³-hybridized carbons (Fsp3) is 0.182. The van der Waals surface area contributed by atoms with Crippen molar-refractivity contribution < 1.29 is 4.79 Å². The first-order chi connectivity index (χ1) is 6.86. The summed E-state index contributed by atoms with van der Waals surface area (Å²) < 4.78 is 0. The van der Waals surface area contributed by atoms with Gasteiger partial charge in [-0.25, -0.2) is 0 Å². The molecule has 3 heteroatoms. The van der Waals surface area contributed by atoms with Gasteiger partial charge in [0.05, 0.1) is 0 Å². The summed E-state index contributed by atoms with van der Waals surface area (Å²) in [5.74, 6) is 0.0868. The highest BCUT2D eigenvalue weighted by Crippen LogP contribution is 2.33. The fourth-order valence-electron chi connectivity index (χ4n) is 2.11. The minimum Gasteiger partial charge on any atom is -0.333 e. The van der Waals surface area contributed by atoms with E-state index in [0.717, 1.165) is 12.1 Å². The van der Waals surface area contributed by atoms with Gasteiger partial charge in [-0.3, -0.25) is 4.79 Å². The zero-order valence-corrected chi connectivity index (χ0v) is 7.60. The van der Waals surface area contributed by atoms with Crippen molar-refractivity contribution in [3.63, 3.8) is 0 Å². The number of nitrogens with zero attached hydrogens (tertiary/aromatic N) is 1. The Labute approximate surface area is 82.0 Å². The molecule has 3 rings (SSSR count). The molecule has 2 aliphatic heterocycles. The summed E-state index contributed by atoms with van der Waals surface area (Å²) in [5.41, 5.74) is 2.41. The van der Waals surface area contributed by atoms with Crippen LogP contribution in [0.3, 0.4) is 0 Å². The van der Waals surface area contributed by atoms with Crippen molar-refractivity contribution in [2.45, 2.75) is 12.5 Å². The van der Waals surface area contributed by atoms with Crippen LogP contribution >= 0.6 is 0 Å². The molecule has 0 saturated heterocycles. The summed E-state index contributed by atoms with van der Waals surface area (Å²) in [6.45, 7) is 0. The second kappa shape index (κ2) is 2.61. The molecule has 1 atom stereocenters. The van der Waals surface area contributed by atoms with Crippen molar-refractivity contribution in [3.8, 4) is 0 Å². The van der Waals surface area contributed by atoms with Crippen LogP contribution in [0.1, 0.15) is 5.56 Å². The number of carbonyl (C=O) groups excluding carboxylic acids is 1. The minimum atomic E-state index is -0.0441. The van der Waals surface area contributed by atoms with E-state index in [4.69, 9.17) is 0 Å². The Morgan fingerprint density at radius 1 is 1.36 bits per heavy atom. The zero-order chi connectivity index (χ0) is 9.54. The van der Waals surface area contributed by atoms with Crippen LogP contribution in [0.25, 0.3) is 0 Å². The summed E-state index contributed by atoms with van der Waals surface area (Å²) in [4.78, 5) is 13.6. The van der Waals surface area contributed by atoms with E-state index in [2.05, 4.69) is 17.4 Å². The number of para-hydroxylation sites is 1. The normalized spacial score (nSPS) is 23.0. The third-order valence-corrected chi connectivity index (χ3v) is 2.78. The van der Waals surface area contributed by atoms with Crippen LogP contribution in [0, 0.1) is 0 Å². The van der Waals surface area contributed by atoms with Crippen LogP contribution in [0.5, 0.6) is 0 Å². The van der Waals surface area contributed by atoms with E-state index in [9.17, 15) is 4.79 Å². The monoisotopic (exact) mass is 186 g/mol. The first kappa shape index (κ1) is 7.62. The SMILES string of the molecule is O=C1NC=CN2c3ccccc3CC12. The number of fused-ring (bicyclic) bond motifs is 3. The molecule has 2 heterocycles. The van der Waals surface area contributed by atoms with Crippen LogP contribution in [0.15, 0.2) is 36.7 Å². The molecular weight excluding hydrogens is 176 g/mol. The third-order valence-electron chi connectivity index (χ3n) is 2.78. The molecule has 0 spiro atoms. The second-order valence-electron chi connectivity index (χ2n) is 3.58. The highest BCUT2D eigenvalue weighted by atomic mass is 16.2. The van der Waals surface area contributed by atoms with E-state index in [0.29, 0.717) is 0 Å². The predicted octanol–water partition coefficient (Wildman–Crippen LogP) is 1.02. The Bertz CT molecular complexity index is 425. The van der Waals surface area contributed by atoms with Crippen molar-refractivity contribution in [1.29, 1.82) is 0 Å². The highest BCUT2D eigenvalue weighted by molar-refractivity contribution is 5.91. The van der Waals surface area contributed by atoms with Crippen LogP contribution in [-0.2, 0) is 11.2 Å². The Morgan fingerprint density at radius 2 is 2.21 bits per heavy atom. The molecule has 0 aromatic heterocycles. The number of carbonyl (C=O) groups is 1. The van der Waals surface area contributed by atoms with Gasteiger partial charge in [0.25, 0.3) is 0 Å². The molecular formula is C11H10N2O. The summed E-state index contributed by atoms with van der Waals surface area (Å²) >= 11 is 0. The molecule has 1 aromatic rings. The number of benzene rings is 1. The van der Waals surface area contributed by atoms with Crippen molar-refractivity contribution in [2.75, 3.05) is 4.90 Å². The Kier molecular flexibility index (Phi) is 1.42.